The highest BCUT2D eigenvalue weighted by atomic mass is 35.5. The number of alkyl halides is 1. The third kappa shape index (κ3) is 2.72. The van der Waals surface area contributed by atoms with Crippen molar-refractivity contribution in [3.8, 4) is 0 Å². The summed E-state index contributed by atoms with van der Waals surface area (Å²) in [6.07, 6.45) is 0.252. The van der Waals surface area contributed by atoms with Crippen LogP contribution in [0.2, 0.25) is 0 Å². The Labute approximate surface area is 87.8 Å². The monoisotopic (exact) mass is 213 g/mol. The Morgan fingerprint density at radius 1 is 1.50 bits per heavy atom. The number of hydrogen-bond donors (Lipinski definition) is 1. The molecular formula is C10H12ClNO2. The zero-order valence-corrected chi connectivity index (χ0v) is 8.62. The van der Waals surface area contributed by atoms with Gasteiger partial charge in [0.1, 0.15) is 0 Å². The smallest absolute Gasteiger partial charge is 0.341 e. The van der Waals surface area contributed by atoms with Crippen molar-refractivity contribution >= 4 is 17.6 Å². The predicted molar refractivity (Wildman–Crippen MR) is 54.9 cm³/mol. The van der Waals surface area contributed by atoms with Crippen molar-refractivity contribution in [1.29, 1.82) is 0 Å². The van der Waals surface area contributed by atoms with Gasteiger partial charge < -0.3 is 10.5 Å². The Hall–Kier alpha value is -1.06. The summed E-state index contributed by atoms with van der Waals surface area (Å²) in [5, 5.41) is 0. The second kappa shape index (κ2) is 4.44. The highest BCUT2D eigenvalue weighted by Crippen LogP contribution is 2.16. The van der Waals surface area contributed by atoms with Crippen LogP contribution in [0.15, 0.2) is 30.3 Å². The minimum absolute atomic E-state index is 0.252. The number of methoxy groups -OCH3 is 1. The molecule has 1 aromatic carbocycles. The van der Waals surface area contributed by atoms with Crippen molar-refractivity contribution < 1.29 is 9.53 Å². The number of carbonyl (C=O) groups excluding carboxylic acids is 1. The Kier molecular flexibility index (Phi) is 3.49. The first-order valence-electron chi connectivity index (χ1n) is 4.16. The predicted octanol–water partition coefficient (Wildman–Crippen LogP) is 1.30. The van der Waals surface area contributed by atoms with Gasteiger partial charge >= 0.3 is 5.97 Å². The van der Waals surface area contributed by atoms with E-state index in [1.807, 2.05) is 30.3 Å². The maximum Gasteiger partial charge on any atom is 0.341 e. The van der Waals surface area contributed by atoms with Gasteiger partial charge in [-0.3, -0.25) is 0 Å². The molecule has 0 saturated carbocycles. The van der Waals surface area contributed by atoms with Crippen LogP contribution in [0.3, 0.4) is 0 Å². The molecular weight excluding hydrogens is 202 g/mol. The molecule has 0 bridgehead atoms. The van der Waals surface area contributed by atoms with Crippen LogP contribution in [0.5, 0.6) is 0 Å². The van der Waals surface area contributed by atoms with Crippen LogP contribution in [0.1, 0.15) is 5.56 Å². The van der Waals surface area contributed by atoms with E-state index in [2.05, 4.69) is 4.74 Å². The Morgan fingerprint density at radius 2 is 2.07 bits per heavy atom. The first kappa shape index (κ1) is 11.0. The largest absolute Gasteiger partial charge is 0.467 e. The van der Waals surface area contributed by atoms with Crippen LogP contribution in [0.25, 0.3) is 0 Å². The van der Waals surface area contributed by atoms with Crippen molar-refractivity contribution in [1.82, 2.24) is 0 Å². The van der Waals surface area contributed by atoms with Crippen LogP contribution in [0.4, 0.5) is 0 Å². The topological polar surface area (TPSA) is 52.3 Å². The van der Waals surface area contributed by atoms with E-state index in [-0.39, 0.29) is 6.42 Å². The van der Waals surface area contributed by atoms with Crippen molar-refractivity contribution in [2.24, 2.45) is 5.73 Å². The molecule has 3 nitrogen and oxygen atoms in total. The first-order chi connectivity index (χ1) is 6.56. The third-order valence-corrected chi connectivity index (χ3v) is 2.12. The SMILES string of the molecule is COC(=O)C(N)(Cl)Cc1ccccc1. The van der Waals surface area contributed by atoms with Crippen LogP contribution in [-0.4, -0.2) is 18.1 Å². The van der Waals surface area contributed by atoms with Crippen LogP contribution >= 0.6 is 11.6 Å². The molecule has 1 atom stereocenters. The van der Waals surface area contributed by atoms with Crippen molar-refractivity contribution in [3.63, 3.8) is 0 Å². The number of carbonyl (C=O) groups is 1. The maximum atomic E-state index is 11.2. The second-order valence-corrected chi connectivity index (χ2v) is 3.69. The molecule has 14 heavy (non-hydrogen) atoms. The van der Waals surface area contributed by atoms with E-state index in [9.17, 15) is 4.79 Å². The van der Waals surface area contributed by atoms with E-state index in [1.54, 1.807) is 0 Å². The molecule has 0 saturated heterocycles. The van der Waals surface area contributed by atoms with E-state index in [0.717, 1.165) is 5.56 Å². The van der Waals surface area contributed by atoms with E-state index in [4.69, 9.17) is 17.3 Å². The van der Waals surface area contributed by atoms with E-state index in [0.29, 0.717) is 0 Å². The molecule has 0 aliphatic carbocycles. The number of benzene rings is 1. The number of hydrogen-bond acceptors (Lipinski definition) is 3. The highest BCUT2D eigenvalue weighted by Gasteiger charge is 2.32. The number of halogens is 1. The molecule has 1 unspecified atom stereocenters. The summed E-state index contributed by atoms with van der Waals surface area (Å²) < 4.78 is 4.49. The minimum Gasteiger partial charge on any atom is -0.467 e. The number of nitrogens with two attached hydrogens (primary N) is 1. The molecule has 0 heterocycles. The van der Waals surface area contributed by atoms with Crippen molar-refractivity contribution in [2.75, 3.05) is 7.11 Å². The lowest BCUT2D eigenvalue weighted by Gasteiger charge is -2.18. The van der Waals surface area contributed by atoms with Crippen molar-refractivity contribution in [3.05, 3.63) is 35.9 Å². The van der Waals surface area contributed by atoms with Gasteiger partial charge in [-0.25, -0.2) is 4.79 Å². The average Bonchev–Trinajstić information content (AvgIpc) is 2.17. The third-order valence-electron chi connectivity index (χ3n) is 1.83. The summed E-state index contributed by atoms with van der Waals surface area (Å²) in [5.41, 5.74) is 6.49. The molecule has 0 radical (unpaired) electrons. The molecule has 4 heteroatoms. The number of esters is 1. The van der Waals surface area contributed by atoms with Gasteiger partial charge in [-0.05, 0) is 5.56 Å². The summed E-state index contributed by atoms with van der Waals surface area (Å²) >= 11 is 5.82. The highest BCUT2D eigenvalue weighted by molar-refractivity contribution is 6.33. The van der Waals surface area contributed by atoms with Gasteiger partial charge in [-0.2, -0.15) is 0 Å². The molecule has 2 N–H and O–H groups in total. The molecule has 1 aromatic rings. The van der Waals surface area contributed by atoms with Gasteiger partial charge in [0, 0.05) is 6.42 Å². The van der Waals surface area contributed by atoms with Crippen LogP contribution in [-0.2, 0) is 16.0 Å². The summed E-state index contributed by atoms with van der Waals surface area (Å²) in [7, 11) is 1.26. The molecule has 0 spiro atoms. The van der Waals surface area contributed by atoms with Gasteiger partial charge in [-0.15, -0.1) is 0 Å². The minimum atomic E-state index is -1.48. The Balaban J connectivity index is 2.73. The van der Waals surface area contributed by atoms with Crippen LogP contribution < -0.4 is 5.73 Å². The fraction of sp³-hybridized carbons (Fsp3) is 0.300. The first-order valence-corrected chi connectivity index (χ1v) is 4.54. The van der Waals surface area contributed by atoms with Gasteiger partial charge in [0.25, 0.3) is 0 Å². The molecule has 0 aliphatic heterocycles. The molecule has 76 valence electrons. The lowest BCUT2D eigenvalue weighted by molar-refractivity contribution is -0.143. The molecule has 0 aromatic heterocycles. The average molecular weight is 214 g/mol. The molecule has 0 aliphatic rings. The van der Waals surface area contributed by atoms with Gasteiger partial charge in [0.15, 0.2) is 5.00 Å². The van der Waals surface area contributed by atoms with E-state index in [1.165, 1.54) is 7.11 Å². The second-order valence-electron chi connectivity index (χ2n) is 3.02. The zero-order valence-electron chi connectivity index (χ0n) is 7.87. The standard InChI is InChI=1S/C10H12ClNO2/c1-14-9(13)10(11,12)7-8-5-3-2-4-6-8/h2-6H,7,12H2,1H3. The molecule has 1 rings (SSSR count). The van der Waals surface area contributed by atoms with Gasteiger partial charge in [0.2, 0.25) is 0 Å². The quantitative estimate of drug-likeness (QED) is 0.468. The fourth-order valence-corrected chi connectivity index (χ4v) is 1.37. The summed E-state index contributed by atoms with van der Waals surface area (Å²) in [4.78, 5) is 9.68. The Bertz CT molecular complexity index is 311. The van der Waals surface area contributed by atoms with Gasteiger partial charge in [0.05, 0.1) is 7.11 Å². The summed E-state index contributed by atoms with van der Waals surface area (Å²) in [5.74, 6) is -0.622. The lowest BCUT2D eigenvalue weighted by atomic mass is 10.1. The van der Waals surface area contributed by atoms with E-state index < -0.39 is 11.0 Å². The zero-order chi connectivity index (χ0) is 10.6. The van der Waals surface area contributed by atoms with E-state index >= 15 is 0 Å². The van der Waals surface area contributed by atoms with Gasteiger partial charge in [-0.1, -0.05) is 41.9 Å². The Morgan fingerprint density at radius 3 is 2.57 bits per heavy atom. The number of ether oxygens (including phenoxy) is 1. The van der Waals surface area contributed by atoms with Crippen molar-refractivity contribution in [2.45, 2.75) is 11.4 Å². The summed E-state index contributed by atoms with van der Waals surface area (Å²) in [6.45, 7) is 0. The lowest BCUT2D eigenvalue weighted by Crippen LogP contribution is -2.45. The summed E-state index contributed by atoms with van der Waals surface area (Å²) in [6, 6.07) is 9.31. The fourth-order valence-electron chi connectivity index (χ4n) is 1.13. The maximum absolute atomic E-state index is 11.2. The van der Waals surface area contributed by atoms with Crippen LogP contribution in [0, 0.1) is 0 Å². The normalized spacial score (nSPS) is 14.5. The molecule has 0 amide bonds. The molecule has 0 fully saturated rings. The number of rotatable bonds is 3.